The van der Waals surface area contributed by atoms with Gasteiger partial charge in [-0.2, -0.15) is 0 Å². The van der Waals surface area contributed by atoms with Gasteiger partial charge in [0.25, 0.3) is 5.91 Å². The van der Waals surface area contributed by atoms with Crippen LogP contribution in [0.2, 0.25) is 0 Å². The summed E-state index contributed by atoms with van der Waals surface area (Å²) in [5.41, 5.74) is 5.60. The van der Waals surface area contributed by atoms with Crippen LogP contribution in [0.5, 0.6) is 0 Å². The van der Waals surface area contributed by atoms with Gasteiger partial charge in [-0.05, 0) is 24.3 Å². The molecular formula is C11H13N3O5. The van der Waals surface area contributed by atoms with E-state index in [4.69, 9.17) is 15.9 Å². The van der Waals surface area contributed by atoms with E-state index < -0.39 is 30.6 Å². The van der Waals surface area contributed by atoms with Crippen molar-refractivity contribution in [2.45, 2.75) is 6.10 Å². The molecule has 0 aromatic heterocycles. The second-order valence-corrected chi connectivity index (χ2v) is 3.63. The predicted molar refractivity (Wildman–Crippen MR) is 65.6 cm³/mol. The van der Waals surface area contributed by atoms with Gasteiger partial charge in [-0.15, -0.1) is 0 Å². The Balaban J connectivity index is 2.58. The molecule has 0 aliphatic heterocycles. The van der Waals surface area contributed by atoms with Crippen LogP contribution in [0.4, 0.5) is 10.5 Å². The number of carboxylic acid groups (broad SMARTS) is 1. The smallest absolute Gasteiger partial charge is 0.334 e. The first-order valence-electron chi connectivity index (χ1n) is 5.25. The highest BCUT2D eigenvalue weighted by atomic mass is 16.4. The highest BCUT2D eigenvalue weighted by Gasteiger charge is 2.14. The molecule has 102 valence electrons. The number of nitrogens with two attached hydrogens (primary N) is 1. The summed E-state index contributed by atoms with van der Waals surface area (Å²) < 4.78 is 0. The number of carboxylic acids is 1. The van der Waals surface area contributed by atoms with Crippen molar-refractivity contribution in [3.63, 3.8) is 0 Å². The van der Waals surface area contributed by atoms with E-state index in [0.717, 1.165) is 0 Å². The van der Waals surface area contributed by atoms with Crippen LogP contribution >= 0.6 is 0 Å². The summed E-state index contributed by atoms with van der Waals surface area (Å²) in [5, 5.41) is 22.0. The maximum absolute atomic E-state index is 11.6. The summed E-state index contributed by atoms with van der Waals surface area (Å²) in [6.45, 7) is -0.393. The lowest BCUT2D eigenvalue weighted by molar-refractivity contribution is -0.146. The lowest BCUT2D eigenvalue weighted by Crippen LogP contribution is -2.36. The zero-order valence-corrected chi connectivity index (χ0v) is 9.79. The highest BCUT2D eigenvalue weighted by Crippen LogP contribution is 2.09. The standard InChI is InChI=1S/C11H13N3O5/c12-11(19)14-7-3-1-6(2-4-7)9(16)13-5-8(15)10(17)18/h1-4,8,15H,5H2,(H,13,16)(H,17,18)(H3,12,14,19)/t8-/m0/s1. The second kappa shape index (κ2) is 6.36. The zero-order chi connectivity index (χ0) is 14.4. The van der Waals surface area contributed by atoms with Gasteiger partial charge in [0.2, 0.25) is 0 Å². The normalized spacial score (nSPS) is 11.4. The third-order valence-corrected chi connectivity index (χ3v) is 2.16. The molecule has 1 atom stereocenters. The van der Waals surface area contributed by atoms with Gasteiger partial charge in [0, 0.05) is 11.3 Å². The van der Waals surface area contributed by atoms with Crippen molar-refractivity contribution < 1.29 is 24.6 Å². The average molecular weight is 267 g/mol. The quantitative estimate of drug-likeness (QED) is 0.482. The summed E-state index contributed by atoms with van der Waals surface area (Å²) in [7, 11) is 0. The van der Waals surface area contributed by atoms with Crippen molar-refractivity contribution >= 4 is 23.6 Å². The summed E-state index contributed by atoms with van der Waals surface area (Å²) in [5.74, 6) is -1.95. The molecular weight excluding hydrogens is 254 g/mol. The van der Waals surface area contributed by atoms with Crippen LogP contribution in [-0.4, -0.2) is 40.8 Å². The molecule has 0 radical (unpaired) electrons. The minimum Gasteiger partial charge on any atom is -0.479 e. The van der Waals surface area contributed by atoms with E-state index in [9.17, 15) is 14.4 Å². The lowest BCUT2D eigenvalue weighted by Gasteiger charge is -2.08. The third kappa shape index (κ3) is 4.64. The number of hydrogen-bond donors (Lipinski definition) is 5. The maximum Gasteiger partial charge on any atom is 0.334 e. The number of nitrogens with one attached hydrogen (secondary N) is 2. The largest absolute Gasteiger partial charge is 0.479 e. The number of carbonyl (C=O) groups excluding carboxylic acids is 2. The lowest BCUT2D eigenvalue weighted by atomic mass is 10.2. The van der Waals surface area contributed by atoms with Crippen LogP contribution in [0.25, 0.3) is 0 Å². The first-order valence-corrected chi connectivity index (χ1v) is 5.25. The first-order chi connectivity index (χ1) is 8.90. The van der Waals surface area contributed by atoms with Crippen molar-refractivity contribution in [1.29, 1.82) is 0 Å². The fraction of sp³-hybridized carbons (Fsp3) is 0.182. The van der Waals surface area contributed by atoms with Crippen LogP contribution in [-0.2, 0) is 4.79 Å². The number of carbonyl (C=O) groups is 3. The predicted octanol–water partition coefficient (Wildman–Crippen LogP) is -0.647. The summed E-state index contributed by atoms with van der Waals surface area (Å²) >= 11 is 0. The zero-order valence-electron chi connectivity index (χ0n) is 9.79. The molecule has 0 unspecified atom stereocenters. The van der Waals surface area contributed by atoms with Gasteiger partial charge in [0.05, 0.1) is 6.54 Å². The minimum absolute atomic E-state index is 0.257. The molecule has 0 aliphatic carbocycles. The molecule has 0 spiro atoms. The number of urea groups is 1. The summed E-state index contributed by atoms with van der Waals surface area (Å²) in [4.78, 5) is 32.5. The monoisotopic (exact) mass is 267 g/mol. The van der Waals surface area contributed by atoms with Crippen LogP contribution < -0.4 is 16.4 Å². The molecule has 0 saturated carbocycles. The Labute approximate surface area is 108 Å². The second-order valence-electron chi connectivity index (χ2n) is 3.63. The Bertz CT molecular complexity index is 486. The number of anilines is 1. The van der Waals surface area contributed by atoms with Gasteiger partial charge in [-0.1, -0.05) is 0 Å². The molecule has 19 heavy (non-hydrogen) atoms. The van der Waals surface area contributed by atoms with Crippen LogP contribution in [0.1, 0.15) is 10.4 Å². The fourth-order valence-electron chi connectivity index (χ4n) is 1.23. The Morgan fingerprint density at radius 3 is 2.26 bits per heavy atom. The third-order valence-electron chi connectivity index (χ3n) is 2.16. The van der Waals surface area contributed by atoms with Crippen molar-refractivity contribution in [3.05, 3.63) is 29.8 Å². The van der Waals surface area contributed by atoms with E-state index in [1.165, 1.54) is 24.3 Å². The Hall–Kier alpha value is -2.61. The minimum atomic E-state index is -1.65. The van der Waals surface area contributed by atoms with Crippen LogP contribution in [0.3, 0.4) is 0 Å². The summed E-state index contributed by atoms with van der Waals surface area (Å²) in [6, 6.07) is 5.06. The molecule has 8 heteroatoms. The van der Waals surface area contributed by atoms with Crippen molar-refractivity contribution in [1.82, 2.24) is 5.32 Å². The molecule has 8 nitrogen and oxygen atoms in total. The van der Waals surface area contributed by atoms with Crippen molar-refractivity contribution in [2.75, 3.05) is 11.9 Å². The molecule has 1 aromatic rings. The van der Waals surface area contributed by atoms with Gasteiger partial charge in [0.15, 0.2) is 6.10 Å². The van der Waals surface area contributed by atoms with Gasteiger partial charge >= 0.3 is 12.0 Å². The summed E-state index contributed by atoms with van der Waals surface area (Å²) in [6.07, 6.45) is -1.65. The molecule has 0 aliphatic rings. The number of aliphatic hydroxyl groups excluding tert-OH is 1. The molecule has 0 saturated heterocycles. The molecule has 1 aromatic carbocycles. The van der Waals surface area contributed by atoms with Crippen LogP contribution in [0.15, 0.2) is 24.3 Å². The van der Waals surface area contributed by atoms with Gasteiger partial charge in [0.1, 0.15) is 0 Å². The highest BCUT2D eigenvalue weighted by molar-refractivity contribution is 5.95. The van der Waals surface area contributed by atoms with E-state index in [-0.39, 0.29) is 5.56 Å². The first kappa shape index (κ1) is 14.5. The van der Waals surface area contributed by atoms with E-state index in [2.05, 4.69) is 10.6 Å². The number of aliphatic carboxylic acids is 1. The van der Waals surface area contributed by atoms with E-state index in [0.29, 0.717) is 5.69 Å². The topological polar surface area (TPSA) is 142 Å². The molecule has 0 heterocycles. The van der Waals surface area contributed by atoms with E-state index in [1.54, 1.807) is 0 Å². The molecule has 0 bridgehead atoms. The fourth-order valence-corrected chi connectivity index (χ4v) is 1.23. The van der Waals surface area contributed by atoms with E-state index >= 15 is 0 Å². The molecule has 6 N–H and O–H groups in total. The Morgan fingerprint density at radius 2 is 1.79 bits per heavy atom. The molecule has 3 amide bonds. The van der Waals surface area contributed by atoms with E-state index in [1.807, 2.05) is 0 Å². The number of primary amides is 1. The number of hydrogen-bond acceptors (Lipinski definition) is 4. The SMILES string of the molecule is NC(=O)Nc1ccc(C(=O)NC[C@H](O)C(=O)O)cc1. The van der Waals surface area contributed by atoms with Gasteiger partial charge in [-0.25, -0.2) is 9.59 Å². The maximum atomic E-state index is 11.6. The van der Waals surface area contributed by atoms with Crippen molar-refractivity contribution in [3.8, 4) is 0 Å². The van der Waals surface area contributed by atoms with Gasteiger partial charge < -0.3 is 26.6 Å². The number of aliphatic hydroxyl groups is 1. The number of rotatable bonds is 5. The molecule has 0 fully saturated rings. The average Bonchev–Trinajstić information content (AvgIpc) is 2.35. The van der Waals surface area contributed by atoms with Crippen molar-refractivity contribution in [2.24, 2.45) is 5.73 Å². The molecule has 1 rings (SSSR count). The van der Waals surface area contributed by atoms with Gasteiger partial charge in [-0.3, -0.25) is 4.79 Å². The Morgan fingerprint density at radius 1 is 1.21 bits per heavy atom. The number of amides is 3. The van der Waals surface area contributed by atoms with Crippen LogP contribution in [0, 0.1) is 0 Å². The Kier molecular flexibility index (Phi) is 4.84. The number of benzene rings is 1.